The number of benzene rings is 3. The maximum absolute atomic E-state index is 12.8. The largest absolute Gasteiger partial charge is 0.486 e. The van der Waals surface area contributed by atoms with Gasteiger partial charge in [0, 0.05) is 23.0 Å². The fourth-order valence-corrected chi connectivity index (χ4v) is 4.35. The molecule has 0 atom stereocenters. The van der Waals surface area contributed by atoms with Crippen molar-refractivity contribution in [2.75, 3.05) is 23.3 Å². The van der Waals surface area contributed by atoms with Crippen molar-refractivity contribution in [1.29, 1.82) is 0 Å². The minimum Gasteiger partial charge on any atom is -0.486 e. The van der Waals surface area contributed by atoms with Crippen molar-refractivity contribution < 1.29 is 22.7 Å². The van der Waals surface area contributed by atoms with Crippen LogP contribution in [-0.4, -0.2) is 47.7 Å². The van der Waals surface area contributed by atoms with Gasteiger partial charge in [-0.2, -0.15) is 0 Å². The van der Waals surface area contributed by atoms with Crippen LogP contribution in [0.3, 0.4) is 0 Å². The topological polar surface area (TPSA) is 137 Å². The highest BCUT2D eigenvalue weighted by atomic mass is 32.2. The molecule has 11 nitrogen and oxygen atoms in total. The van der Waals surface area contributed by atoms with Gasteiger partial charge in [-0.15, -0.1) is 5.10 Å². The predicted molar refractivity (Wildman–Crippen MR) is 122 cm³/mol. The van der Waals surface area contributed by atoms with Crippen LogP contribution in [0.15, 0.2) is 78.0 Å². The van der Waals surface area contributed by atoms with Crippen LogP contribution in [-0.2, 0) is 10.0 Å². The Labute approximate surface area is 194 Å². The standard InChI is InChI=1S/C22H18N6O5S/c29-22(15-1-7-18(8-2-15)28-14-23-26-27-28)24-16-3-5-17(6-4-16)25-34(30,31)19-9-10-20-21(13-19)33-12-11-32-20/h1-10,13-14,25H,11-12H2,(H,24,29). The third-order valence-corrected chi connectivity index (χ3v) is 6.34. The van der Waals surface area contributed by atoms with E-state index in [1.165, 1.54) is 23.1 Å². The number of sulfonamides is 1. The molecule has 0 saturated heterocycles. The van der Waals surface area contributed by atoms with Gasteiger partial charge >= 0.3 is 0 Å². The number of aromatic nitrogens is 4. The molecule has 5 rings (SSSR count). The molecule has 2 heterocycles. The maximum atomic E-state index is 12.8. The van der Waals surface area contributed by atoms with Crippen molar-refractivity contribution >= 4 is 27.3 Å². The van der Waals surface area contributed by atoms with Crippen molar-refractivity contribution in [3.8, 4) is 17.2 Å². The number of anilines is 2. The van der Waals surface area contributed by atoms with Gasteiger partial charge in [0.05, 0.1) is 10.6 Å². The summed E-state index contributed by atoms with van der Waals surface area (Å²) in [5.74, 6) is 0.585. The second kappa shape index (κ2) is 8.83. The molecule has 0 spiro atoms. The van der Waals surface area contributed by atoms with E-state index in [4.69, 9.17) is 9.47 Å². The van der Waals surface area contributed by atoms with E-state index in [2.05, 4.69) is 25.6 Å². The van der Waals surface area contributed by atoms with Crippen molar-refractivity contribution in [3.05, 3.63) is 78.6 Å². The Bertz CT molecular complexity index is 1420. The summed E-state index contributed by atoms with van der Waals surface area (Å²) < 4.78 is 40.4. The van der Waals surface area contributed by atoms with Gasteiger partial charge in [-0.1, -0.05) is 0 Å². The van der Waals surface area contributed by atoms with Crippen LogP contribution in [0.25, 0.3) is 5.69 Å². The Morgan fingerprint density at radius 3 is 2.29 bits per heavy atom. The molecule has 1 amide bonds. The number of hydrogen-bond donors (Lipinski definition) is 2. The summed E-state index contributed by atoms with van der Waals surface area (Å²) in [6.45, 7) is 0.785. The predicted octanol–water partition coefficient (Wildman–Crippen LogP) is 2.49. The lowest BCUT2D eigenvalue weighted by atomic mass is 10.2. The first-order valence-corrected chi connectivity index (χ1v) is 11.6. The van der Waals surface area contributed by atoms with Crippen LogP contribution < -0.4 is 19.5 Å². The maximum Gasteiger partial charge on any atom is 0.262 e. The van der Waals surface area contributed by atoms with Gasteiger partial charge in [0.2, 0.25) is 0 Å². The van der Waals surface area contributed by atoms with Crippen LogP contribution in [0.4, 0.5) is 11.4 Å². The lowest BCUT2D eigenvalue weighted by Crippen LogP contribution is -2.17. The molecular weight excluding hydrogens is 460 g/mol. The average Bonchev–Trinajstić information content (AvgIpc) is 3.40. The van der Waals surface area contributed by atoms with Crippen molar-refractivity contribution in [3.63, 3.8) is 0 Å². The third-order valence-electron chi connectivity index (χ3n) is 4.96. The first kappa shape index (κ1) is 21.4. The number of carbonyl (C=O) groups excluding carboxylic acids is 1. The summed E-state index contributed by atoms with van der Waals surface area (Å²) in [5, 5.41) is 13.7. The zero-order chi connectivity index (χ0) is 23.5. The molecule has 3 aromatic carbocycles. The fraction of sp³-hybridized carbons (Fsp3) is 0.0909. The third kappa shape index (κ3) is 4.52. The smallest absolute Gasteiger partial charge is 0.262 e. The van der Waals surface area contributed by atoms with Crippen LogP contribution >= 0.6 is 0 Å². The first-order valence-electron chi connectivity index (χ1n) is 10.2. The molecule has 0 unspecified atom stereocenters. The van der Waals surface area contributed by atoms with Crippen molar-refractivity contribution in [2.24, 2.45) is 0 Å². The Hall–Kier alpha value is -4.45. The van der Waals surface area contributed by atoms with Gasteiger partial charge in [-0.25, -0.2) is 13.1 Å². The van der Waals surface area contributed by atoms with Gasteiger partial charge in [-0.3, -0.25) is 9.52 Å². The van der Waals surface area contributed by atoms with E-state index in [0.29, 0.717) is 41.7 Å². The molecular formula is C22H18N6O5S. The highest BCUT2D eigenvalue weighted by Crippen LogP contribution is 2.32. The molecule has 4 aromatic rings. The van der Waals surface area contributed by atoms with Gasteiger partial charge in [0.1, 0.15) is 19.5 Å². The molecule has 0 saturated carbocycles. The zero-order valence-corrected chi connectivity index (χ0v) is 18.4. The van der Waals surface area contributed by atoms with Gasteiger partial charge in [0.15, 0.2) is 11.5 Å². The summed E-state index contributed by atoms with van der Waals surface area (Å²) in [6.07, 6.45) is 1.46. The number of nitrogens with one attached hydrogen (secondary N) is 2. The number of tetrazole rings is 1. The summed E-state index contributed by atoms with van der Waals surface area (Å²) in [4.78, 5) is 12.6. The van der Waals surface area contributed by atoms with E-state index in [0.717, 1.165) is 5.69 Å². The summed E-state index contributed by atoms with van der Waals surface area (Å²) >= 11 is 0. The molecule has 0 fully saturated rings. The van der Waals surface area contributed by atoms with Crippen molar-refractivity contribution in [1.82, 2.24) is 20.2 Å². The Balaban J connectivity index is 1.24. The molecule has 34 heavy (non-hydrogen) atoms. The van der Waals surface area contributed by atoms with Gasteiger partial charge in [-0.05, 0) is 71.1 Å². The van der Waals surface area contributed by atoms with Crippen molar-refractivity contribution in [2.45, 2.75) is 4.90 Å². The monoisotopic (exact) mass is 478 g/mol. The molecule has 172 valence electrons. The fourth-order valence-electron chi connectivity index (χ4n) is 3.27. The van der Waals surface area contributed by atoms with Crippen LogP contribution in [0.2, 0.25) is 0 Å². The SMILES string of the molecule is O=C(Nc1ccc(NS(=O)(=O)c2ccc3c(c2)OCCO3)cc1)c1ccc(-n2cnnn2)cc1. The first-order chi connectivity index (χ1) is 16.5. The van der Waals surface area contributed by atoms with E-state index in [1.54, 1.807) is 54.6 Å². The highest BCUT2D eigenvalue weighted by molar-refractivity contribution is 7.92. The number of rotatable bonds is 6. The number of carbonyl (C=O) groups is 1. The molecule has 1 aliphatic rings. The lowest BCUT2D eigenvalue weighted by Gasteiger charge is -2.19. The Morgan fingerprint density at radius 2 is 1.59 bits per heavy atom. The quantitative estimate of drug-likeness (QED) is 0.431. The van der Waals surface area contributed by atoms with E-state index in [1.807, 2.05) is 0 Å². The average molecular weight is 478 g/mol. The van der Waals surface area contributed by atoms with Gasteiger partial charge in [0.25, 0.3) is 15.9 Å². The molecule has 0 aliphatic carbocycles. The second-order valence-electron chi connectivity index (χ2n) is 7.24. The minimum absolute atomic E-state index is 0.0549. The molecule has 1 aromatic heterocycles. The van der Waals surface area contributed by atoms with E-state index in [9.17, 15) is 13.2 Å². The molecule has 0 bridgehead atoms. The Morgan fingerprint density at radius 1 is 0.882 bits per heavy atom. The minimum atomic E-state index is -3.84. The zero-order valence-electron chi connectivity index (χ0n) is 17.6. The summed E-state index contributed by atoms with van der Waals surface area (Å²) in [6, 6.07) is 17.5. The lowest BCUT2D eigenvalue weighted by molar-refractivity contribution is 0.102. The normalized spacial score (nSPS) is 12.7. The molecule has 1 aliphatic heterocycles. The number of hydrogen-bond acceptors (Lipinski definition) is 8. The van der Waals surface area contributed by atoms with Crippen LogP contribution in [0.5, 0.6) is 11.5 Å². The highest BCUT2D eigenvalue weighted by Gasteiger charge is 2.19. The van der Waals surface area contributed by atoms with E-state index >= 15 is 0 Å². The number of amides is 1. The van der Waals surface area contributed by atoms with Gasteiger partial charge < -0.3 is 14.8 Å². The van der Waals surface area contributed by atoms with E-state index < -0.39 is 10.0 Å². The number of nitrogens with zero attached hydrogens (tertiary/aromatic N) is 4. The Kier molecular flexibility index (Phi) is 5.55. The van der Waals surface area contributed by atoms with Crippen LogP contribution in [0, 0.1) is 0 Å². The van der Waals surface area contributed by atoms with E-state index in [-0.39, 0.29) is 10.8 Å². The van der Waals surface area contributed by atoms with Crippen LogP contribution in [0.1, 0.15) is 10.4 Å². The molecule has 12 heteroatoms. The summed E-state index contributed by atoms with van der Waals surface area (Å²) in [7, 11) is -3.84. The number of ether oxygens (including phenoxy) is 2. The molecule has 2 N–H and O–H groups in total. The summed E-state index contributed by atoms with van der Waals surface area (Å²) in [5.41, 5.74) is 2.02. The molecule has 0 radical (unpaired) electrons. The number of fused-ring (bicyclic) bond motifs is 1. The second-order valence-corrected chi connectivity index (χ2v) is 8.93.